The number of carbonyl (C=O) groups excluding carboxylic acids is 1. The molecule has 1 fully saturated rings. The molecule has 86 valence electrons. The van der Waals surface area contributed by atoms with Gasteiger partial charge in [0, 0.05) is 11.9 Å². The van der Waals surface area contributed by atoms with Crippen LogP contribution in [0.2, 0.25) is 0 Å². The van der Waals surface area contributed by atoms with Crippen LogP contribution in [0, 0.1) is 0 Å². The highest BCUT2D eigenvalue weighted by Crippen LogP contribution is 2.25. The van der Waals surface area contributed by atoms with Crippen LogP contribution in [-0.2, 0) is 11.2 Å². The maximum absolute atomic E-state index is 12.3. The number of pyridine rings is 1. The van der Waals surface area contributed by atoms with Crippen LogP contribution >= 0.6 is 0 Å². The smallest absolute Gasteiger partial charge is 0.158 e. The molecule has 1 aromatic rings. The normalized spacial score (nSPS) is 24.6. The molecule has 0 bridgehead atoms. The lowest BCUT2D eigenvalue weighted by Gasteiger charge is -2.26. The summed E-state index contributed by atoms with van der Waals surface area (Å²) < 4.78 is 0. The third-order valence-corrected chi connectivity index (χ3v) is 3.45. The summed E-state index contributed by atoms with van der Waals surface area (Å²) >= 11 is 0. The lowest BCUT2D eigenvalue weighted by Crippen LogP contribution is -2.47. The van der Waals surface area contributed by atoms with Crippen molar-refractivity contribution in [1.82, 2.24) is 10.3 Å². The van der Waals surface area contributed by atoms with E-state index in [0.717, 1.165) is 31.5 Å². The van der Waals surface area contributed by atoms with E-state index in [4.69, 9.17) is 0 Å². The van der Waals surface area contributed by atoms with Crippen molar-refractivity contribution in [2.75, 3.05) is 6.54 Å². The van der Waals surface area contributed by atoms with Gasteiger partial charge in [0.1, 0.15) is 0 Å². The molecule has 2 heterocycles. The SMILES string of the molecule is CCC1(C(=O)Cc2ccccn2)CCCN1. The summed E-state index contributed by atoms with van der Waals surface area (Å²) in [4.78, 5) is 16.5. The highest BCUT2D eigenvalue weighted by molar-refractivity contribution is 5.90. The number of hydrogen-bond acceptors (Lipinski definition) is 3. The summed E-state index contributed by atoms with van der Waals surface area (Å²) in [7, 11) is 0. The quantitative estimate of drug-likeness (QED) is 0.836. The van der Waals surface area contributed by atoms with Crippen molar-refractivity contribution < 1.29 is 4.79 Å². The van der Waals surface area contributed by atoms with Crippen LogP contribution in [0.25, 0.3) is 0 Å². The lowest BCUT2D eigenvalue weighted by atomic mass is 9.87. The van der Waals surface area contributed by atoms with Gasteiger partial charge in [-0.3, -0.25) is 9.78 Å². The zero-order valence-electron chi connectivity index (χ0n) is 9.70. The molecule has 3 heteroatoms. The predicted octanol–water partition coefficient (Wildman–Crippen LogP) is 1.73. The number of aromatic nitrogens is 1. The molecule has 0 radical (unpaired) electrons. The van der Waals surface area contributed by atoms with Crippen LogP contribution in [0.1, 0.15) is 31.9 Å². The van der Waals surface area contributed by atoms with E-state index >= 15 is 0 Å². The fraction of sp³-hybridized carbons (Fsp3) is 0.538. The van der Waals surface area contributed by atoms with E-state index < -0.39 is 0 Å². The van der Waals surface area contributed by atoms with E-state index in [-0.39, 0.29) is 11.3 Å². The molecule has 1 N–H and O–H groups in total. The van der Waals surface area contributed by atoms with Crippen molar-refractivity contribution in [1.29, 1.82) is 0 Å². The third kappa shape index (κ3) is 2.14. The van der Waals surface area contributed by atoms with Crippen LogP contribution in [0.3, 0.4) is 0 Å². The van der Waals surface area contributed by atoms with Crippen molar-refractivity contribution in [3.8, 4) is 0 Å². The number of nitrogens with zero attached hydrogens (tertiary/aromatic N) is 1. The Hall–Kier alpha value is -1.22. The maximum atomic E-state index is 12.3. The molecule has 16 heavy (non-hydrogen) atoms. The molecule has 1 aliphatic heterocycles. The topological polar surface area (TPSA) is 42.0 Å². The van der Waals surface area contributed by atoms with Gasteiger partial charge in [0.15, 0.2) is 5.78 Å². The molecular formula is C13H18N2O. The third-order valence-electron chi connectivity index (χ3n) is 3.45. The first-order chi connectivity index (χ1) is 7.77. The molecular weight excluding hydrogens is 200 g/mol. The van der Waals surface area contributed by atoms with E-state index in [1.807, 2.05) is 18.2 Å². The zero-order valence-corrected chi connectivity index (χ0v) is 9.70. The average Bonchev–Trinajstić information content (AvgIpc) is 2.80. The second-order valence-corrected chi connectivity index (χ2v) is 4.39. The highest BCUT2D eigenvalue weighted by Gasteiger charge is 2.38. The van der Waals surface area contributed by atoms with Gasteiger partial charge in [0.25, 0.3) is 0 Å². The summed E-state index contributed by atoms with van der Waals surface area (Å²) in [5.74, 6) is 0.284. The minimum absolute atomic E-state index is 0.280. The molecule has 3 nitrogen and oxygen atoms in total. The molecule has 1 aromatic heterocycles. The Balaban J connectivity index is 2.07. The number of Topliss-reactive ketones (excluding diaryl/α,β-unsaturated/α-hetero) is 1. The number of nitrogens with one attached hydrogen (secondary N) is 1. The van der Waals surface area contributed by atoms with E-state index in [0.29, 0.717) is 6.42 Å². The molecule has 0 saturated carbocycles. The van der Waals surface area contributed by atoms with Crippen molar-refractivity contribution in [2.24, 2.45) is 0 Å². The van der Waals surface area contributed by atoms with Crippen LogP contribution < -0.4 is 5.32 Å². The van der Waals surface area contributed by atoms with Crippen molar-refractivity contribution in [3.63, 3.8) is 0 Å². The minimum atomic E-state index is -0.280. The Morgan fingerprint density at radius 1 is 1.56 bits per heavy atom. The molecule has 0 amide bonds. The minimum Gasteiger partial charge on any atom is -0.305 e. The summed E-state index contributed by atoms with van der Waals surface area (Å²) in [5.41, 5.74) is 0.589. The van der Waals surface area contributed by atoms with Gasteiger partial charge >= 0.3 is 0 Å². The Morgan fingerprint density at radius 3 is 3.00 bits per heavy atom. The van der Waals surface area contributed by atoms with Gasteiger partial charge in [-0.25, -0.2) is 0 Å². The summed E-state index contributed by atoms with van der Waals surface area (Å²) in [6.07, 6.45) is 5.13. The van der Waals surface area contributed by atoms with E-state index in [1.165, 1.54) is 0 Å². The van der Waals surface area contributed by atoms with Gasteiger partial charge in [-0.1, -0.05) is 13.0 Å². The second kappa shape index (κ2) is 4.74. The van der Waals surface area contributed by atoms with Crippen LogP contribution in [0.15, 0.2) is 24.4 Å². The van der Waals surface area contributed by atoms with E-state index in [2.05, 4.69) is 17.2 Å². The Labute approximate surface area is 96.3 Å². The Bertz CT molecular complexity index is 355. The standard InChI is InChI=1S/C13H18N2O/c1-2-13(7-5-9-15-13)12(16)10-11-6-3-4-8-14-11/h3-4,6,8,15H,2,5,7,9-10H2,1H3. The van der Waals surface area contributed by atoms with Crippen LogP contribution in [-0.4, -0.2) is 22.9 Å². The number of hydrogen-bond donors (Lipinski definition) is 1. The first-order valence-corrected chi connectivity index (χ1v) is 5.95. The summed E-state index contributed by atoms with van der Waals surface area (Å²) in [6.45, 7) is 3.04. The predicted molar refractivity (Wildman–Crippen MR) is 63.2 cm³/mol. The van der Waals surface area contributed by atoms with Gasteiger partial charge in [-0.15, -0.1) is 0 Å². The van der Waals surface area contributed by atoms with Crippen LogP contribution in [0.4, 0.5) is 0 Å². The van der Waals surface area contributed by atoms with Crippen molar-refractivity contribution >= 4 is 5.78 Å². The molecule has 1 saturated heterocycles. The fourth-order valence-electron chi connectivity index (χ4n) is 2.38. The second-order valence-electron chi connectivity index (χ2n) is 4.39. The Morgan fingerprint density at radius 2 is 2.44 bits per heavy atom. The highest BCUT2D eigenvalue weighted by atomic mass is 16.1. The van der Waals surface area contributed by atoms with E-state index in [1.54, 1.807) is 6.20 Å². The number of rotatable bonds is 4. The average molecular weight is 218 g/mol. The molecule has 1 aliphatic rings. The van der Waals surface area contributed by atoms with Gasteiger partial charge in [-0.2, -0.15) is 0 Å². The first-order valence-electron chi connectivity index (χ1n) is 5.95. The molecule has 0 spiro atoms. The molecule has 1 atom stereocenters. The summed E-state index contributed by atoms with van der Waals surface area (Å²) in [6, 6.07) is 5.71. The molecule has 1 unspecified atom stereocenters. The molecule has 2 rings (SSSR count). The van der Waals surface area contributed by atoms with Crippen molar-refractivity contribution in [2.45, 2.75) is 38.1 Å². The largest absolute Gasteiger partial charge is 0.305 e. The van der Waals surface area contributed by atoms with Gasteiger partial charge in [0.05, 0.1) is 12.0 Å². The van der Waals surface area contributed by atoms with Crippen LogP contribution in [0.5, 0.6) is 0 Å². The lowest BCUT2D eigenvalue weighted by molar-refractivity contribution is -0.124. The van der Waals surface area contributed by atoms with Gasteiger partial charge < -0.3 is 5.32 Å². The molecule has 0 aliphatic carbocycles. The van der Waals surface area contributed by atoms with Gasteiger partial charge in [0.2, 0.25) is 0 Å². The maximum Gasteiger partial charge on any atom is 0.158 e. The van der Waals surface area contributed by atoms with Gasteiger partial charge in [-0.05, 0) is 37.9 Å². The monoisotopic (exact) mass is 218 g/mol. The molecule has 0 aromatic carbocycles. The Kier molecular flexibility index (Phi) is 3.34. The van der Waals surface area contributed by atoms with Crippen molar-refractivity contribution in [3.05, 3.63) is 30.1 Å². The van der Waals surface area contributed by atoms with E-state index in [9.17, 15) is 4.79 Å². The summed E-state index contributed by atoms with van der Waals surface area (Å²) in [5, 5.41) is 3.36. The number of ketones is 1. The first kappa shape index (κ1) is 11.3. The fourth-order valence-corrected chi connectivity index (χ4v) is 2.38. The zero-order chi connectivity index (χ0) is 11.4. The number of carbonyl (C=O) groups is 1.